The van der Waals surface area contributed by atoms with Gasteiger partial charge in [0, 0.05) is 29.9 Å². The Balaban J connectivity index is 1.36. The van der Waals surface area contributed by atoms with Gasteiger partial charge in [-0.1, -0.05) is 18.2 Å². The van der Waals surface area contributed by atoms with Crippen LogP contribution in [0.1, 0.15) is 29.8 Å². The minimum Gasteiger partial charge on any atom is -0.451 e. The fourth-order valence-electron chi connectivity index (χ4n) is 3.33. The zero-order valence-electron chi connectivity index (χ0n) is 14.9. The van der Waals surface area contributed by atoms with Crippen LogP contribution in [0.25, 0.3) is 11.0 Å². The highest BCUT2D eigenvalue weighted by molar-refractivity contribution is 7.80. The van der Waals surface area contributed by atoms with Crippen LogP contribution in [0.15, 0.2) is 59.0 Å². The lowest BCUT2D eigenvalue weighted by Crippen LogP contribution is -2.34. The van der Waals surface area contributed by atoms with Gasteiger partial charge in [0.05, 0.1) is 0 Å². The first-order chi connectivity index (χ1) is 13.2. The monoisotopic (exact) mass is 379 g/mol. The number of furan rings is 1. The normalized spacial score (nSPS) is 14.1. The van der Waals surface area contributed by atoms with Crippen molar-refractivity contribution in [1.82, 2.24) is 5.32 Å². The summed E-state index contributed by atoms with van der Waals surface area (Å²) in [5.41, 5.74) is 2.73. The summed E-state index contributed by atoms with van der Waals surface area (Å²) < 4.78 is 5.56. The minimum atomic E-state index is -0.367. The molecule has 0 saturated carbocycles. The van der Waals surface area contributed by atoms with E-state index in [2.05, 4.69) is 27.7 Å². The lowest BCUT2D eigenvalue weighted by molar-refractivity contribution is 0.0953. The highest BCUT2D eigenvalue weighted by Gasteiger charge is 2.14. The third-order valence-corrected chi connectivity index (χ3v) is 4.93. The van der Waals surface area contributed by atoms with Crippen molar-refractivity contribution < 1.29 is 9.21 Å². The van der Waals surface area contributed by atoms with E-state index < -0.39 is 0 Å². The molecule has 2 heterocycles. The van der Waals surface area contributed by atoms with Crippen LogP contribution in [0.3, 0.4) is 0 Å². The van der Waals surface area contributed by atoms with Gasteiger partial charge in [-0.2, -0.15) is 0 Å². The number of carbonyl (C=O) groups is 1. The van der Waals surface area contributed by atoms with E-state index in [-0.39, 0.29) is 16.8 Å². The summed E-state index contributed by atoms with van der Waals surface area (Å²) in [7, 11) is 0. The van der Waals surface area contributed by atoms with E-state index in [4.69, 9.17) is 16.6 Å². The van der Waals surface area contributed by atoms with E-state index in [0.717, 1.165) is 24.2 Å². The van der Waals surface area contributed by atoms with E-state index >= 15 is 0 Å². The molecule has 0 atom stereocenters. The maximum atomic E-state index is 12.3. The first kappa shape index (κ1) is 17.5. The Labute approximate surface area is 163 Å². The molecule has 1 amide bonds. The van der Waals surface area contributed by atoms with Crippen molar-refractivity contribution in [3.05, 3.63) is 60.4 Å². The second-order valence-corrected chi connectivity index (χ2v) is 7.06. The molecule has 1 fully saturated rings. The molecule has 0 aliphatic carbocycles. The molecule has 1 aliphatic heterocycles. The van der Waals surface area contributed by atoms with Crippen molar-refractivity contribution in [3.63, 3.8) is 0 Å². The molecule has 0 spiro atoms. The third-order valence-electron chi connectivity index (χ3n) is 4.72. The molecule has 0 unspecified atom stereocenters. The number of anilines is 2. The van der Waals surface area contributed by atoms with Crippen LogP contribution in [0, 0.1) is 0 Å². The summed E-state index contributed by atoms with van der Waals surface area (Å²) in [5.74, 6) is -0.130. The number of benzene rings is 2. The zero-order valence-corrected chi connectivity index (χ0v) is 15.7. The van der Waals surface area contributed by atoms with Gasteiger partial charge < -0.3 is 14.6 Å². The number of rotatable bonds is 3. The quantitative estimate of drug-likeness (QED) is 0.654. The van der Waals surface area contributed by atoms with Gasteiger partial charge in [-0.05, 0) is 67.9 Å². The first-order valence-corrected chi connectivity index (χ1v) is 9.56. The number of amides is 1. The van der Waals surface area contributed by atoms with Crippen LogP contribution in [-0.2, 0) is 0 Å². The van der Waals surface area contributed by atoms with Crippen LogP contribution in [0.5, 0.6) is 0 Å². The molecule has 0 radical (unpaired) electrons. The van der Waals surface area contributed by atoms with Crippen LogP contribution >= 0.6 is 12.2 Å². The van der Waals surface area contributed by atoms with Crippen molar-refractivity contribution in [2.75, 3.05) is 23.3 Å². The lowest BCUT2D eigenvalue weighted by Gasteiger charge is -2.28. The van der Waals surface area contributed by atoms with E-state index in [1.165, 1.54) is 24.9 Å². The van der Waals surface area contributed by atoms with Gasteiger partial charge in [0.25, 0.3) is 5.91 Å². The fraction of sp³-hybridized carbons (Fsp3) is 0.238. The maximum absolute atomic E-state index is 12.3. The molecule has 1 aliphatic rings. The van der Waals surface area contributed by atoms with E-state index in [1.54, 1.807) is 6.07 Å². The standard InChI is InChI=1S/C21H21N3O2S/c25-20(19-14-15-6-2-3-7-18(15)26-19)23-21(27)22-16-8-10-17(11-9-16)24-12-4-1-5-13-24/h2-3,6-11,14H,1,4-5,12-13H2,(H2,22,23,25,27). The summed E-state index contributed by atoms with van der Waals surface area (Å²) in [6.45, 7) is 2.22. The number of carbonyl (C=O) groups excluding carboxylic acids is 1. The molecular formula is C21H21N3O2S. The summed E-state index contributed by atoms with van der Waals surface area (Å²) in [6, 6.07) is 17.3. The Hall–Kier alpha value is -2.86. The molecule has 5 nitrogen and oxygen atoms in total. The summed E-state index contributed by atoms with van der Waals surface area (Å²) in [6.07, 6.45) is 3.81. The SMILES string of the molecule is O=C(NC(=S)Nc1ccc(N2CCCCC2)cc1)c1cc2ccccc2o1. The highest BCUT2D eigenvalue weighted by Crippen LogP contribution is 2.22. The number of hydrogen-bond acceptors (Lipinski definition) is 4. The first-order valence-electron chi connectivity index (χ1n) is 9.15. The summed E-state index contributed by atoms with van der Waals surface area (Å²) >= 11 is 5.26. The van der Waals surface area contributed by atoms with Crippen LogP contribution in [0.4, 0.5) is 11.4 Å². The second-order valence-electron chi connectivity index (χ2n) is 6.65. The zero-order chi connectivity index (χ0) is 18.6. The van der Waals surface area contributed by atoms with E-state index in [9.17, 15) is 4.79 Å². The second kappa shape index (κ2) is 7.80. The van der Waals surface area contributed by atoms with Crippen molar-refractivity contribution in [2.24, 2.45) is 0 Å². The number of thiocarbonyl (C=S) groups is 1. The number of nitrogens with one attached hydrogen (secondary N) is 2. The van der Waals surface area contributed by atoms with Gasteiger partial charge in [-0.3, -0.25) is 10.1 Å². The van der Waals surface area contributed by atoms with Crippen LogP contribution in [-0.4, -0.2) is 24.1 Å². The molecule has 2 N–H and O–H groups in total. The topological polar surface area (TPSA) is 57.5 Å². The summed E-state index contributed by atoms with van der Waals surface area (Å²) in [5, 5.41) is 6.83. The van der Waals surface area contributed by atoms with Crippen LogP contribution < -0.4 is 15.5 Å². The largest absolute Gasteiger partial charge is 0.451 e. The predicted molar refractivity (Wildman–Crippen MR) is 112 cm³/mol. The van der Waals surface area contributed by atoms with Gasteiger partial charge in [0.1, 0.15) is 5.58 Å². The fourth-order valence-corrected chi connectivity index (χ4v) is 3.54. The average Bonchev–Trinajstić information content (AvgIpc) is 3.14. The summed E-state index contributed by atoms with van der Waals surface area (Å²) in [4.78, 5) is 14.7. The molecular weight excluding hydrogens is 358 g/mol. The number of para-hydroxylation sites is 1. The minimum absolute atomic E-state index is 0.237. The molecule has 138 valence electrons. The van der Waals surface area contributed by atoms with Crippen molar-refractivity contribution in [2.45, 2.75) is 19.3 Å². The number of hydrogen-bond donors (Lipinski definition) is 2. The van der Waals surface area contributed by atoms with Gasteiger partial charge in [0.15, 0.2) is 10.9 Å². The molecule has 1 saturated heterocycles. The maximum Gasteiger partial charge on any atom is 0.293 e. The number of fused-ring (bicyclic) bond motifs is 1. The smallest absolute Gasteiger partial charge is 0.293 e. The Morgan fingerprint density at radius 1 is 1.00 bits per heavy atom. The highest BCUT2D eigenvalue weighted by atomic mass is 32.1. The molecule has 27 heavy (non-hydrogen) atoms. The molecule has 4 rings (SSSR count). The Bertz CT molecular complexity index is 926. The van der Waals surface area contributed by atoms with Crippen molar-refractivity contribution >= 4 is 45.6 Å². The van der Waals surface area contributed by atoms with E-state index in [0.29, 0.717) is 5.58 Å². The molecule has 2 aromatic carbocycles. The Kier molecular flexibility index (Phi) is 5.07. The third kappa shape index (κ3) is 4.11. The van der Waals surface area contributed by atoms with Gasteiger partial charge in [0.2, 0.25) is 0 Å². The molecule has 1 aromatic heterocycles. The molecule has 0 bridgehead atoms. The van der Waals surface area contributed by atoms with Crippen molar-refractivity contribution in [3.8, 4) is 0 Å². The average molecular weight is 379 g/mol. The van der Waals surface area contributed by atoms with Crippen LogP contribution in [0.2, 0.25) is 0 Å². The van der Waals surface area contributed by atoms with Gasteiger partial charge in [-0.15, -0.1) is 0 Å². The number of nitrogens with zero attached hydrogens (tertiary/aromatic N) is 1. The van der Waals surface area contributed by atoms with E-state index in [1.807, 2.05) is 36.4 Å². The molecule has 6 heteroatoms. The van der Waals surface area contributed by atoms with Crippen molar-refractivity contribution in [1.29, 1.82) is 0 Å². The van der Waals surface area contributed by atoms with Gasteiger partial charge in [-0.25, -0.2) is 0 Å². The predicted octanol–water partition coefficient (Wildman–Crippen LogP) is 4.55. The lowest BCUT2D eigenvalue weighted by atomic mass is 10.1. The Morgan fingerprint density at radius 2 is 1.74 bits per heavy atom. The van der Waals surface area contributed by atoms with Gasteiger partial charge >= 0.3 is 0 Å². The molecule has 3 aromatic rings. The Morgan fingerprint density at radius 3 is 2.48 bits per heavy atom. The number of piperidine rings is 1.